The molecule has 0 saturated carbocycles. The van der Waals surface area contributed by atoms with Gasteiger partial charge in [-0.15, -0.1) is 0 Å². The van der Waals surface area contributed by atoms with Gasteiger partial charge >= 0.3 is 5.97 Å². The second kappa shape index (κ2) is 24.0. The molecule has 0 bridgehead atoms. The highest BCUT2D eigenvalue weighted by Gasteiger charge is 2.59. The Bertz CT molecular complexity index is 2200. The molecule has 19 nitrogen and oxygen atoms in total. The van der Waals surface area contributed by atoms with E-state index in [9.17, 15) is 38.0 Å². The number of esters is 1. The van der Waals surface area contributed by atoms with Crippen LogP contribution in [0.3, 0.4) is 0 Å². The molecule has 0 spiro atoms. The van der Waals surface area contributed by atoms with E-state index in [1.807, 2.05) is 13.8 Å². The number of aryl methyl sites for hydroxylation is 2. The Kier molecular flexibility index (Phi) is 20.0. The summed E-state index contributed by atoms with van der Waals surface area (Å²) in [5.41, 5.74) is -6.04. The SMILES string of the molecule is CCCNC[C@]1(O)[C@H](C)OC(O[C@H]2[C@H](C)[C@@H](O[C@@H]3O[C@H](C)C[C@H](N(C)S(=O)(=O)c4nccn4C)[C@H]3Oc3ccc(F)cc3C)[C@](C)(O)C[C@@H](C)CN[C@H](C)[C@@H](O)[C@](C)(O)[C@@H](CC)OC(=O)[C@@H]2C)C[C@@]1(C)OC. The van der Waals surface area contributed by atoms with E-state index in [1.165, 1.54) is 60.5 Å². The van der Waals surface area contributed by atoms with Crippen molar-refractivity contribution in [1.82, 2.24) is 24.5 Å². The van der Waals surface area contributed by atoms with Crippen molar-refractivity contribution in [2.75, 3.05) is 33.8 Å². The number of rotatable bonds is 15. The summed E-state index contributed by atoms with van der Waals surface area (Å²) in [7, 11) is 0.196. The lowest BCUT2D eigenvalue weighted by Crippen LogP contribution is -2.70. The van der Waals surface area contributed by atoms with Gasteiger partial charge in [-0.05, 0) is 124 Å². The predicted octanol–water partition coefficient (Wildman–Crippen LogP) is 3.96. The second-order valence-electron chi connectivity index (χ2n) is 21.6. The number of likely N-dealkylation sites (N-methyl/N-ethyl adjacent to an activating group) is 1. The van der Waals surface area contributed by atoms with Crippen LogP contribution in [0.25, 0.3) is 0 Å². The molecule has 21 heteroatoms. The maximum Gasteiger partial charge on any atom is 0.311 e. The number of methoxy groups -OCH3 is 1. The highest BCUT2D eigenvalue weighted by atomic mass is 32.2. The summed E-state index contributed by atoms with van der Waals surface area (Å²) >= 11 is 0. The van der Waals surface area contributed by atoms with Gasteiger partial charge in [0.1, 0.15) is 40.6 Å². The molecule has 1 aromatic heterocycles. The molecular weight excluding hydrogens is 958 g/mol. The molecule has 1 aromatic carbocycles. The van der Waals surface area contributed by atoms with Gasteiger partial charge in [-0.1, -0.05) is 27.7 Å². The average Bonchev–Trinajstić information content (AvgIpc) is 3.76. The fourth-order valence-corrected chi connectivity index (χ4v) is 12.4. The number of aliphatic hydroxyl groups is 4. The maximum atomic E-state index is 14.7. The monoisotopic (exact) mass is 1040 g/mol. The summed E-state index contributed by atoms with van der Waals surface area (Å²) in [5.74, 6) is -3.53. The largest absolute Gasteiger partial charge is 0.483 e. The van der Waals surface area contributed by atoms with Crippen molar-refractivity contribution in [3.63, 3.8) is 0 Å². The highest BCUT2D eigenvalue weighted by molar-refractivity contribution is 7.89. The van der Waals surface area contributed by atoms with Crippen LogP contribution in [-0.4, -0.2) is 172 Å². The minimum absolute atomic E-state index is 0.00119. The highest BCUT2D eigenvalue weighted by Crippen LogP contribution is 2.44. The smallest absolute Gasteiger partial charge is 0.311 e. The van der Waals surface area contributed by atoms with Crippen molar-refractivity contribution in [1.29, 1.82) is 0 Å². The number of halogens is 1. The first kappa shape index (κ1) is 60.0. The number of ether oxygens (including phenoxy) is 7. The molecular formula is C51H86FN5O14S. The number of aromatic nitrogens is 2. The van der Waals surface area contributed by atoms with Gasteiger partial charge < -0.3 is 68.8 Å². The lowest BCUT2D eigenvalue weighted by Gasteiger charge is -2.53. The summed E-state index contributed by atoms with van der Waals surface area (Å²) in [6.45, 7) is 21.7. The van der Waals surface area contributed by atoms with E-state index in [1.54, 1.807) is 69.4 Å². The molecule has 6 N–H and O–H groups in total. The van der Waals surface area contributed by atoms with Gasteiger partial charge in [0.15, 0.2) is 18.7 Å². The molecule has 72 heavy (non-hydrogen) atoms. The molecule has 3 aliphatic rings. The number of sulfonamides is 1. The number of benzene rings is 1. The van der Waals surface area contributed by atoms with Crippen molar-refractivity contribution in [2.24, 2.45) is 24.8 Å². The summed E-state index contributed by atoms with van der Waals surface area (Å²) < 4.78 is 92.1. The Morgan fingerprint density at radius 2 is 1.71 bits per heavy atom. The van der Waals surface area contributed by atoms with Crippen LogP contribution < -0.4 is 15.4 Å². The topological polar surface area (TPSA) is 242 Å². The van der Waals surface area contributed by atoms with Gasteiger partial charge in [-0.2, -0.15) is 4.31 Å². The zero-order valence-electron chi connectivity index (χ0n) is 45.1. The van der Waals surface area contributed by atoms with E-state index in [0.29, 0.717) is 12.1 Å². The molecule has 0 radical (unpaired) electrons. The molecule has 412 valence electrons. The molecule has 3 saturated heterocycles. The molecule has 2 aromatic rings. The van der Waals surface area contributed by atoms with Crippen LogP contribution >= 0.6 is 0 Å². The Balaban J connectivity index is 1.68. The fourth-order valence-electron chi connectivity index (χ4n) is 11.0. The number of hydrogen-bond donors (Lipinski definition) is 6. The van der Waals surface area contributed by atoms with Crippen LogP contribution in [0.5, 0.6) is 5.75 Å². The molecule has 4 heterocycles. The number of carbonyl (C=O) groups is 1. The van der Waals surface area contributed by atoms with Gasteiger partial charge in [-0.25, -0.2) is 17.8 Å². The summed E-state index contributed by atoms with van der Waals surface area (Å²) in [4.78, 5) is 18.9. The number of nitrogens with zero attached hydrogens (tertiary/aromatic N) is 3. The van der Waals surface area contributed by atoms with Crippen LogP contribution in [0.1, 0.15) is 114 Å². The normalized spacial score (nSPS) is 40.0. The number of carbonyl (C=O) groups excluding carboxylic acids is 1. The van der Waals surface area contributed by atoms with Crippen LogP contribution in [0.4, 0.5) is 4.39 Å². The first-order valence-corrected chi connectivity index (χ1v) is 27.0. The van der Waals surface area contributed by atoms with E-state index >= 15 is 0 Å². The third kappa shape index (κ3) is 12.8. The molecule has 0 aliphatic carbocycles. The van der Waals surface area contributed by atoms with Crippen molar-refractivity contribution < 1.29 is 71.2 Å². The molecule has 3 aliphatic heterocycles. The first-order chi connectivity index (χ1) is 33.5. The quantitative estimate of drug-likeness (QED) is 0.109. The minimum atomic E-state index is -4.29. The zero-order chi connectivity index (χ0) is 53.9. The summed E-state index contributed by atoms with van der Waals surface area (Å²) in [6, 6.07) is 2.28. The first-order valence-electron chi connectivity index (χ1n) is 25.5. The number of hydrogen-bond acceptors (Lipinski definition) is 17. The van der Waals surface area contributed by atoms with E-state index in [2.05, 4.69) is 15.6 Å². The molecule has 18 atom stereocenters. The second-order valence-corrected chi connectivity index (χ2v) is 23.5. The van der Waals surface area contributed by atoms with Crippen LogP contribution in [0.15, 0.2) is 35.7 Å². The Morgan fingerprint density at radius 1 is 1.03 bits per heavy atom. The van der Waals surface area contributed by atoms with E-state index in [-0.39, 0.29) is 55.6 Å². The van der Waals surface area contributed by atoms with Gasteiger partial charge in [0.05, 0.1) is 42.0 Å². The van der Waals surface area contributed by atoms with Gasteiger partial charge in [0.25, 0.3) is 10.0 Å². The Hall–Kier alpha value is -2.90. The van der Waals surface area contributed by atoms with E-state index < -0.39 is 123 Å². The number of nitrogens with one attached hydrogen (secondary N) is 2. The van der Waals surface area contributed by atoms with Gasteiger partial charge in [0, 0.05) is 58.5 Å². The Morgan fingerprint density at radius 3 is 2.31 bits per heavy atom. The van der Waals surface area contributed by atoms with Crippen molar-refractivity contribution in [2.45, 2.75) is 210 Å². The van der Waals surface area contributed by atoms with Crippen LogP contribution in [0, 0.1) is 30.5 Å². The lowest BCUT2D eigenvalue weighted by atomic mass is 9.75. The minimum Gasteiger partial charge on any atom is -0.483 e. The molecule has 1 unspecified atom stereocenters. The maximum absolute atomic E-state index is 14.7. The number of imidazole rings is 1. The molecule has 5 rings (SSSR count). The summed E-state index contributed by atoms with van der Waals surface area (Å²) in [6.07, 6.45) is -6.34. The Labute approximate surface area is 426 Å². The number of aliphatic hydroxyl groups excluding tert-OH is 1. The summed E-state index contributed by atoms with van der Waals surface area (Å²) in [5, 5.41) is 55.1. The third-order valence-corrected chi connectivity index (χ3v) is 17.5. The van der Waals surface area contributed by atoms with Crippen LogP contribution in [-0.2, 0) is 50.3 Å². The standard InChI is InChI=1S/C51H86FN5O14S/c1-16-20-53-28-51(62)35(9)67-40(26-49(51,11)65-15)70-41-32(6)44(48(10,60)25-29(3)27-55-34(8)43(58)50(12,61)39(17-2)69-45(59)33(41)7)71-46-42(68-38-19-18-36(52)23-30(38)4)37(24-31(5)66-46)57(14)72(63,64)47-54-21-22-56(47)13/h18-19,21-23,29,31-35,37,39-44,46,53,55,58,60-62H,16-17,20,24-28H2,1-15H3/t29-,31-,32+,33-,34-,35+,37+,39-,40?,41+,42-,43-,44-,46+,48-,49-,50-,51+/m1/s1. The van der Waals surface area contributed by atoms with E-state index in [4.69, 9.17) is 33.2 Å². The number of cyclic esters (lactones) is 1. The van der Waals surface area contributed by atoms with Gasteiger partial charge in [-0.3, -0.25) is 4.79 Å². The fraction of sp³-hybridized carbons (Fsp3) is 0.804. The van der Waals surface area contributed by atoms with Crippen molar-refractivity contribution in [3.05, 3.63) is 42.0 Å². The molecule has 0 amide bonds. The predicted molar refractivity (Wildman–Crippen MR) is 266 cm³/mol. The lowest BCUT2D eigenvalue weighted by molar-refractivity contribution is -0.335. The molecule has 3 fully saturated rings. The third-order valence-electron chi connectivity index (χ3n) is 15.6. The van der Waals surface area contributed by atoms with Gasteiger partial charge in [0.2, 0.25) is 5.16 Å². The average molecular weight is 1040 g/mol. The van der Waals surface area contributed by atoms with Crippen molar-refractivity contribution in [3.8, 4) is 5.75 Å². The van der Waals surface area contributed by atoms with Crippen molar-refractivity contribution >= 4 is 16.0 Å². The van der Waals surface area contributed by atoms with Crippen LogP contribution in [0.2, 0.25) is 0 Å². The van der Waals surface area contributed by atoms with E-state index in [0.717, 1.165) is 6.42 Å². The zero-order valence-corrected chi connectivity index (χ0v) is 45.9.